The summed E-state index contributed by atoms with van der Waals surface area (Å²) >= 11 is 5.68. The lowest BCUT2D eigenvalue weighted by atomic mass is 10.1. The van der Waals surface area contributed by atoms with Crippen molar-refractivity contribution in [2.24, 2.45) is 5.92 Å². The molecule has 0 aromatic carbocycles. The Morgan fingerprint density at radius 3 is 2.32 bits per heavy atom. The van der Waals surface area contributed by atoms with Crippen molar-refractivity contribution in [3.05, 3.63) is 0 Å². The Hall–Kier alpha value is -0.770. The van der Waals surface area contributed by atoms with Gasteiger partial charge in [0, 0.05) is 12.6 Å². The molecule has 1 N–H and O–H groups in total. The first kappa shape index (κ1) is 16.3. The molecule has 3 amide bonds. The monoisotopic (exact) mass is 288 g/mol. The molecule has 1 saturated carbocycles. The second-order valence-electron chi connectivity index (χ2n) is 5.72. The molecule has 110 valence electrons. The van der Waals surface area contributed by atoms with Gasteiger partial charge in [-0.2, -0.15) is 0 Å². The number of hydrogen-bond donors (Lipinski definition) is 1. The lowest BCUT2D eigenvalue weighted by Gasteiger charge is -2.29. The van der Waals surface area contributed by atoms with Crippen molar-refractivity contribution < 1.29 is 9.59 Å². The van der Waals surface area contributed by atoms with Gasteiger partial charge in [-0.1, -0.05) is 26.7 Å². The van der Waals surface area contributed by atoms with Gasteiger partial charge in [0.05, 0.1) is 0 Å². The Bertz CT molecular complexity index is 313. The number of nitrogens with one attached hydrogen (secondary N) is 1. The van der Waals surface area contributed by atoms with E-state index in [2.05, 4.69) is 19.2 Å². The van der Waals surface area contributed by atoms with Gasteiger partial charge in [0.2, 0.25) is 5.91 Å². The maximum absolute atomic E-state index is 12.2. The Morgan fingerprint density at radius 2 is 1.84 bits per heavy atom. The van der Waals surface area contributed by atoms with Crippen molar-refractivity contribution >= 4 is 23.5 Å². The smallest absolute Gasteiger partial charge is 0.321 e. The molecule has 0 aromatic heterocycles. The molecule has 1 aliphatic carbocycles. The van der Waals surface area contributed by atoms with E-state index in [1.54, 1.807) is 6.92 Å². The summed E-state index contributed by atoms with van der Waals surface area (Å²) < 4.78 is 0. The van der Waals surface area contributed by atoms with Crippen LogP contribution in [0, 0.1) is 5.92 Å². The molecule has 0 heterocycles. The van der Waals surface area contributed by atoms with Crippen molar-refractivity contribution in [2.75, 3.05) is 6.54 Å². The second-order valence-corrected chi connectivity index (χ2v) is 6.38. The van der Waals surface area contributed by atoms with Crippen LogP contribution in [0.25, 0.3) is 0 Å². The van der Waals surface area contributed by atoms with Gasteiger partial charge < -0.3 is 4.90 Å². The zero-order valence-electron chi connectivity index (χ0n) is 12.1. The van der Waals surface area contributed by atoms with Crippen LogP contribution in [0.3, 0.4) is 0 Å². The number of urea groups is 1. The van der Waals surface area contributed by atoms with Gasteiger partial charge in [-0.15, -0.1) is 11.6 Å². The predicted octanol–water partition coefficient (Wildman–Crippen LogP) is 3.14. The zero-order chi connectivity index (χ0) is 14.4. The molecule has 19 heavy (non-hydrogen) atoms. The normalized spacial score (nSPS) is 17.5. The second kappa shape index (κ2) is 7.73. The van der Waals surface area contributed by atoms with E-state index in [1.165, 1.54) is 0 Å². The molecule has 5 heteroatoms. The van der Waals surface area contributed by atoms with Crippen LogP contribution < -0.4 is 5.32 Å². The molecule has 0 spiro atoms. The number of carbonyl (C=O) groups excluding carboxylic acids is 2. The summed E-state index contributed by atoms with van der Waals surface area (Å²) in [6.45, 7) is 6.55. The first-order valence-electron chi connectivity index (χ1n) is 7.17. The topological polar surface area (TPSA) is 49.4 Å². The van der Waals surface area contributed by atoms with Crippen molar-refractivity contribution in [3.63, 3.8) is 0 Å². The maximum Gasteiger partial charge on any atom is 0.324 e. The first-order chi connectivity index (χ1) is 8.91. The van der Waals surface area contributed by atoms with Crippen LogP contribution in [0.5, 0.6) is 0 Å². The minimum atomic E-state index is -0.681. The molecule has 4 nitrogen and oxygen atoms in total. The third kappa shape index (κ3) is 5.39. The summed E-state index contributed by atoms with van der Waals surface area (Å²) in [4.78, 5) is 25.5. The predicted molar refractivity (Wildman–Crippen MR) is 77.3 cm³/mol. The Labute approximate surface area is 120 Å². The number of hydrogen-bond acceptors (Lipinski definition) is 2. The number of rotatable bonds is 5. The Balaban J connectivity index is 2.60. The van der Waals surface area contributed by atoms with Crippen LogP contribution in [0.15, 0.2) is 0 Å². The summed E-state index contributed by atoms with van der Waals surface area (Å²) in [5, 5.41) is 1.72. The molecule has 0 aliphatic heterocycles. The molecule has 1 fully saturated rings. The molecule has 0 radical (unpaired) electrons. The van der Waals surface area contributed by atoms with E-state index in [-0.39, 0.29) is 12.1 Å². The van der Waals surface area contributed by atoms with E-state index >= 15 is 0 Å². The van der Waals surface area contributed by atoms with Crippen LogP contribution >= 0.6 is 11.6 Å². The van der Waals surface area contributed by atoms with E-state index in [9.17, 15) is 9.59 Å². The minimum Gasteiger partial charge on any atom is -0.321 e. The molecule has 1 rings (SSSR count). The summed E-state index contributed by atoms with van der Waals surface area (Å²) in [6, 6.07) is -0.0118. The van der Waals surface area contributed by atoms with E-state index in [0.717, 1.165) is 32.1 Å². The van der Waals surface area contributed by atoms with Crippen LogP contribution in [0.4, 0.5) is 4.79 Å². The highest BCUT2D eigenvalue weighted by Gasteiger charge is 2.28. The van der Waals surface area contributed by atoms with Crippen LogP contribution in [-0.2, 0) is 4.79 Å². The zero-order valence-corrected chi connectivity index (χ0v) is 12.9. The lowest BCUT2D eigenvalue weighted by Crippen LogP contribution is -2.49. The van der Waals surface area contributed by atoms with Gasteiger partial charge in [0.25, 0.3) is 0 Å². The molecule has 0 bridgehead atoms. The average molecular weight is 289 g/mol. The third-order valence-corrected chi connectivity index (χ3v) is 3.76. The minimum absolute atomic E-state index is 0.275. The van der Waals surface area contributed by atoms with Crippen molar-refractivity contribution in [1.29, 1.82) is 0 Å². The fourth-order valence-electron chi connectivity index (χ4n) is 2.34. The Kier molecular flexibility index (Phi) is 6.63. The molecule has 1 atom stereocenters. The van der Waals surface area contributed by atoms with Gasteiger partial charge in [-0.25, -0.2) is 4.79 Å². The summed E-state index contributed by atoms with van der Waals surface area (Å²) in [5.74, 6) is 0.124. The van der Waals surface area contributed by atoms with Gasteiger partial charge in [0.15, 0.2) is 0 Å². The molecule has 0 aromatic rings. The summed E-state index contributed by atoms with van der Waals surface area (Å²) in [7, 11) is 0. The quantitative estimate of drug-likeness (QED) is 0.790. The number of amides is 3. The fraction of sp³-hybridized carbons (Fsp3) is 0.857. The van der Waals surface area contributed by atoms with E-state index < -0.39 is 11.3 Å². The van der Waals surface area contributed by atoms with Crippen molar-refractivity contribution in [2.45, 2.75) is 64.3 Å². The average Bonchev–Trinajstić information content (AvgIpc) is 2.82. The molecule has 1 aliphatic rings. The fourth-order valence-corrected chi connectivity index (χ4v) is 2.39. The van der Waals surface area contributed by atoms with Crippen LogP contribution in [0.1, 0.15) is 52.9 Å². The van der Waals surface area contributed by atoms with Crippen LogP contribution in [0.2, 0.25) is 0 Å². The van der Waals surface area contributed by atoms with Crippen molar-refractivity contribution in [3.8, 4) is 0 Å². The van der Waals surface area contributed by atoms with Crippen molar-refractivity contribution in [1.82, 2.24) is 10.2 Å². The number of alkyl halides is 1. The van der Waals surface area contributed by atoms with Gasteiger partial charge in [0.1, 0.15) is 5.38 Å². The van der Waals surface area contributed by atoms with Gasteiger partial charge in [-0.3, -0.25) is 10.1 Å². The molecular weight excluding hydrogens is 264 g/mol. The number of nitrogens with zero attached hydrogens (tertiary/aromatic N) is 1. The maximum atomic E-state index is 12.2. The number of carbonyl (C=O) groups is 2. The highest BCUT2D eigenvalue weighted by molar-refractivity contribution is 6.31. The van der Waals surface area contributed by atoms with E-state index in [1.807, 2.05) is 4.90 Å². The SMILES string of the molecule is CC(C)CCN(C(=O)NC(=O)C(C)Cl)C1CCCC1. The number of halogens is 1. The van der Waals surface area contributed by atoms with Gasteiger partial charge >= 0.3 is 6.03 Å². The molecule has 0 saturated heterocycles. The van der Waals surface area contributed by atoms with Gasteiger partial charge in [-0.05, 0) is 32.1 Å². The highest BCUT2D eigenvalue weighted by Crippen LogP contribution is 2.24. The molecule has 1 unspecified atom stereocenters. The summed E-state index contributed by atoms with van der Waals surface area (Å²) in [6.07, 6.45) is 5.35. The highest BCUT2D eigenvalue weighted by atomic mass is 35.5. The Morgan fingerprint density at radius 1 is 1.26 bits per heavy atom. The van der Waals surface area contributed by atoms with Crippen LogP contribution in [-0.4, -0.2) is 34.8 Å². The van der Waals surface area contributed by atoms with E-state index in [0.29, 0.717) is 12.5 Å². The molecular formula is C14H25ClN2O2. The van der Waals surface area contributed by atoms with E-state index in [4.69, 9.17) is 11.6 Å². The summed E-state index contributed by atoms with van der Waals surface area (Å²) in [5.41, 5.74) is 0. The largest absolute Gasteiger partial charge is 0.324 e. The lowest BCUT2D eigenvalue weighted by molar-refractivity contribution is -0.119. The third-order valence-electron chi connectivity index (χ3n) is 3.57. The number of imide groups is 1. The standard InChI is InChI=1S/C14H25ClN2O2/c1-10(2)8-9-17(12-6-4-5-7-12)14(19)16-13(18)11(3)15/h10-12H,4-9H2,1-3H3,(H,16,18,19). The first-order valence-corrected chi connectivity index (χ1v) is 7.61.